The fourth-order valence-corrected chi connectivity index (χ4v) is 2.85. The van der Waals surface area contributed by atoms with Gasteiger partial charge in [-0.3, -0.25) is 15.0 Å². The summed E-state index contributed by atoms with van der Waals surface area (Å²) < 4.78 is 27.6. The topological polar surface area (TPSA) is 64.0 Å². The first-order valence-electron chi connectivity index (χ1n) is 8.28. The summed E-state index contributed by atoms with van der Waals surface area (Å²) in [7, 11) is 0. The van der Waals surface area contributed by atoms with Gasteiger partial charge in [0, 0.05) is 12.0 Å². The second-order valence-corrected chi connectivity index (χ2v) is 6.38. The Morgan fingerprint density at radius 1 is 1.12 bits per heavy atom. The molecule has 0 saturated heterocycles. The van der Waals surface area contributed by atoms with Gasteiger partial charge in [-0.15, -0.1) is 0 Å². The molecule has 5 nitrogen and oxygen atoms in total. The van der Waals surface area contributed by atoms with Crippen molar-refractivity contribution in [3.63, 3.8) is 0 Å². The van der Waals surface area contributed by atoms with Gasteiger partial charge in [0.25, 0.3) is 5.56 Å². The summed E-state index contributed by atoms with van der Waals surface area (Å²) in [6.45, 7) is 0. The summed E-state index contributed by atoms with van der Waals surface area (Å²) in [6, 6.07) is 9.34. The van der Waals surface area contributed by atoms with Crippen LogP contribution in [0.15, 0.2) is 47.3 Å². The van der Waals surface area contributed by atoms with E-state index in [9.17, 15) is 18.4 Å². The zero-order chi connectivity index (χ0) is 18.3. The van der Waals surface area contributed by atoms with Gasteiger partial charge in [-0.2, -0.15) is 0 Å². The third kappa shape index (κ3) is 3.20. The number of benzene rings is 2. The summed E-state index contributed by atoms with van der Waals surface area (Å²) in [5.74, 6) is -0.762. The number of halogens is 2. The van der Waals surface area contributed by atoms with Crippen LogP contribution in [-0.2, 0) is 11.2 Å². The maximum Gasteiger partial charge on any atom is 0.280 e. The number of aromatic nitrogens is 2. The highest BCUT2D eigenvalue weighted by Crippen LogP contribution is 2.38. The van der Waals surface area contributed by atoms with E-state index >= 15 is 0 Å². The number of nitrogens with zero attached hydrogens (tertiary/aromatic N) is 2. The number of amides is 1. The van der Waals surface area contributed by atoms with E-state index in [0.29, 0.717) is 11.4 Å². The molecule has 3 aromatic rings. The average molecular weight is 355 g/mol. The van der Waals surface area contributed by atoms with Crippen molar-refractivity contribution in [2.75, 3.05) is 5.43 Å². The first-order valence-corrected chi connectivity index (χ1v) is 8.28. The van der Waals surface area contributed by atoms with Crippen LogP contribution in [0.3, 0.4) is 0 Å². The van der Waals surface area contributed by atoms with Crippen LogP contribution in [0.1, 0.15) is 30.1 Å². The van der Waals surface area contributed by atoms with E-state index in [0.717, 1.165) is 17.5 Å². The summed E-state index contributed by atoms with van der Waals surface area (Å²) in [5, 5.41) is 0.234. The van der Waals surface area contributed by atoms with Crippen molar-refractivity contribution < 1.29 is 13.6 Å². The number of hydrogen-bond donors (Lipinski definition) is 1. The largest absolute Gasteiger partial charge is 0.280 e. The van der Waals surface area contributed by atoms with Gasteiger partial charge in [-0.25, -0.2) is 18.4 Å². The van der Waals surface area contributed by atoms with Crippen molar-refractivity contribution in [1.29, 1.82) is 0 Å². The first-order chi connectivity index (χ1) is 12.5. The molecule has 132 valence electrons. The van der Waals surface area contributed by atoms with Crippen molar-refractivity contribution in [3.05, 3.63) is 75.8 Å². The highest BCUT2D eigenvalue weighted by Gasteiger charge is 2.30. The Labute approximate surface area is 147 Å². The summed E-state index contributed by atoms with van der Waals surface area (Å²) in [5.41, 5.74) is 3.05. The zero-order valence-electron chi connectivity index (χ0n) is 13.7. The van der Waals surface area contributed by atoms with Crippen molar-refractivity contribution >= 4 is 16.8 Å². The van der Waals surface area contributed by atoms with E-state index in [2.05, 4.69) is 10.4 Å². The van der Waals surface area contributed by atoms with Crippen LogP contribution >= 0.6 is 0 Å². The second-order valence-electron chi connectivity index (χ2n) is 6.38. The average Bonchev–Trinajstić information content (AvgIpc) is 3.44. The molecule has 4 rings (SSSR count). The summed E-state index contributed by atoms with van der Waals surface area (Å²) >= 11 is 0. The summed E-state index contributed by atoms with van der Waals surface area (Å²) in [6.07, 6.45) is 1.72. The van der Waals surface area contributed by atoms with Crippen LogP contribution in [0.2, 0.25) is 0 Å². The predicted molar refractivity (Wildman–Crippen MR) is 92.4 cm³/mol. The highest BCUT2D eigenvalue weighted by molar-refractivity contribution is 5.86. The van der Waals surface area contributed by atoms with Gasteiger partial charge in [0.15, 0.2) is 0 Å². The van der Waals surface area contributed by atoms with Gasteiger partial charge in [0.1, 0.15) is 17.5 Å². The Balaban J connectivity index is 1.68. The number of rotatable bonds is 4. The molecule has 26 heavy (non-hydrogen) atoms. The van der Waals surface area contributed by atoms with Crippen molar-refractivity contribution in [1.82, 2.24) is 9.66 Å². The Bertz CT molecular complexity index is 1060. The monoisotopic (exact) mass is 355 g/mol. The maximum atomic E-state index is 13.5. The normalized spacial score (nSPS) is 13.8. The number of carbonyl (C=O) groups is 1. The molecule has 0 radical (unpaired) electrons. The number of fused-ring (bicyclic) bond motifs is 1. The Morgan fingerprint density at radius 2 is 1.81 bits per heavy atom. The molecule has 1 aliphatic rings. The third-order valence-electron chi connectivity index (χ3n) is 4.31. The lowest BCUT2D eigenvalue weighted by molar-refractivity contribution is -0.116. The molecule has 1 amide bonds. The molecular formula is C19H15F2N3O2. The fourth-order valence-electron chi connectivity index (χ4n) is 2.85. The number of nitrogens with one attached hydrogen (secondary N) is 1. The molecule has 1 aliphatic carbocycles. The van der Waals surface area contributed by atoms with Gasteiger partial charge in [0.2, 0.25) is 5.91 Å². The molecule has 0 spiro atoms. The lowest BCUT2D eigenvalue weighted by Crippen LogP contribution is -2.37. The van der Waals surface area contributed by atoms with Crippen LogP contribution in [0.5, 0.6) is 0 Å². The molecule has 0 aliphatic heterocycles. The lowest BCUT2D eigenvalue weighted by Gasteiger charge is -2.14. The molecule has 1 N–H and O–H groups in total. The van der Waals surface area contributed by atoms with Crippen molar-refractivity contribution in [3.8, 4) is 0 Å². The Morgan fingerprint density at radius 3 is 2.50 bits per heavy atom. The van der Waals surface area contributed by atoms with E-state index in [1.165, 1.54) is 42.5 Å². The Hall–Kier alpha value is -3.09. The van der Waals surface area contributed by atoms with E-state index in [4.69, 9.17) is 0 Å². The number of carbonyl (C=O) groups excluding carboxylic acids is 1. The van der Waals surface area contributed by atoms with Crippen molar-refractivity contribution in [2.24, 2.45) is 0 Å². The fraction of sp³-hybridized carbons (Fsp3) is 0.211. The van der Waals surface area contributed by atoms with Gasteiger partial charge >= 0.3 is 0 Å². The highest BCUT2D eigenvalue weighted by atomic mass is 19.1. The van der Waals surface area contributed by atoms with Gasteiger partial charge < -0.3 is 0 Å². The molecule has 7 heteroatoms. The SMILES string of the molecule is O=C(Cc1ccc(F)cc1)Nn1c(C2CC2)nc2cc(F)ccc2c1=O. The molecule has 0 unspecified atom stereocenters. The molecule has 0 bridgehead atoms. The third-order valence-corrected chi connectivity index (χ3v) is 4.31. The van der Waals surface area contributed by atoms with Crippen LogP contribution < -0.4 is 11.0 Å². The quantitative estimate of drug-likeness (QED) is 0.783. The molecule has 1 aromatic heterocycles. The minimum Gasteiger partial charge on any atom is -0.273 e. The zero-order valence-corrected chi connectivity index (χ0v) is 13.7. The van der Waals surface area contributed by atoms with E-state index in [1.54, 1.807) is 0 Å². The van der Waals surface area contributed by atoms with Crippen molar-refractivity contribution in [2.45, 2.75) is 25.2 Å². The maximum absolute atomic E-state index is 13.5. The van der Waals surface area contributed by atoms with E-state index in [-0.39, 0.29) is 29.1 Å². The smallest absolute Gasteiger partial charge is 0.273 e. The van der Waals surface area contributed by atoms with Gasteiger partial charge in [-0.1, -0.05) is 12.1 Å². The second kappa shape index (κ2) is 6.33. The minimum absolute atomic E-state index is 0.00170. The van der Waals surface area contributed by atoms with Crippen LogP contribution in [0, 0.1) is 11.6 Å². The van der Waals surface area contributed by atoms with Gasteiger partial charge in [-0.05, 0) is 42.7 Å². The molecule has 1 fully saturated rings. The minimum atomic E-state index is -0.468. The van der Waals surface area contributed by atoms with Crippen LogP contribution in [-0.4, -0.2) is 15.6 Å². The van der Waals surface area contributed by atoms with Crippen LogP contribution in [0.25, 0.3) is 10.9 Å². The standard InChI is InChI=1S/C19H15F2N3O2/c20-13-5-1-11(2-6-13)9-17(25)23-24-18(12-3-4-12)22-16-10-14(21)7-8-15(16)19(24)26/h1-2,5-8,10,12H,3-4,9H2,(H,23,25). The van der Waals surface area contributed by atoms with E-state index in [1.807, 2.05) is 0 Å². The molecule has 2 aromatic carbocycles. The first kappa shape index (κ1) is 16.4. The number of hydrogen-bond acceptors (Lipinski definition) is 3. The molecule has 0 atom stereocenters. The predicted octanol–water partition coefficient (Wildman–Crippen LogP) is 2.86. The molecule has 1 saturated carbocycles. The summed E-state index contributed by atoms with van der Waals surface area (Å²) in [4.78, 5) is 29.5. The van der Waals surface area contributed by atoms with Gasteiger partial charge in [0.05, 0.1) is 17.3 Å². The molecular weight excluding hydrogens is 340 g/mol. The van der Waals surface area contributed by atoms with Crippen LogP contribution in [0.4, 0.5) is 8.78 Å². The Kier molecular flexibility index (Phi) is 3.99. The molecule has 1 heterocycles. The lowest BCUT2D eigenvalue weighted by atomic mass is 10.1. The van der Waals surface area contributed by atoms with E-state index < -0.39 is 17.3 Å².